The molecule has 2 aromatic rings. The maximum atomic E-state index is 11.9. The highest BCUT2D eigenvalue weighted by Gasteiger charge is 2.06. The van der Waals surface area contributed by atoms with E-state index >= 15 is 0 Å². The molecule has 1 unspecified atom stereocenters. The Balaban J connectivity index is 0.00000392. The summed E-state index contributed by atoms with van der Waals surface area (Å²) in [4.78, 5) is 17.4. The lowest BCUT2D eigenvalue weighted by Gasteiger charge is -2.16. The molecule has 0 aromatic heterocycles. The third-order valence-electron chi connectivity index (χ3n) is 3.84. The average Bonchev–Trinajstić information content (AvgIpc) is 2.70. The first-order chi connectivity index (χ1) is 13.2. The number of nitrogens with zero attached hydrogens (tertiary/aromatic N) is 1. The molecule has 1 amide bonds. The molecule has 3 N–H and O–H groups in total. The van der Waals surface area contributed by atoms with Crippen molar-refractivity contribution < 1.29 is 4.79 Å². The van der Waals surface area contributed by atoms with E-state index in [0.29, 0.717) is 30.7 Å². The van der Waals surface area contributed by atoms with Crippen molar-refractivity contribution in [2.45, 2.75) is 30.0 Å². The minimum atomic E-state index is 0. The molecular weight excluding hydrogens is 483 g/mol. The number of halogens is 1. The van der Waals surface area contributed by atoms with Crippen LogP contribution in [0.5, 0.6) is 0 Å². The van der Waals surface area contributed by atoms with Gasteiger partial charge in [-0.15, -0.1) is 35.7 Å². The Labute approximate surface area is 189 Å². The second-order valence-corrected chi connectivity index (χ2v) is 7.65. The van der Waals surface area contributed by atoms with Crippen molar-refractivity contribution in [1.29, 1.82) is 0 Å². The number of hydrogen-bond donors (Lipinski definition) is 3. The molecule has 28 heavy (non-hydrogen) atoms. The number of guanidine groups is 1. The Kier molecular flexibility index (Phi) is 12.4. The molecule has 2 rings (SSSR count). The number of carbonyl (C=O) groups is 1. The maximum absolute atomic E-state index is 11.9. The van der Waals surface area contributed by atoms with Gasteiger partial charge in [0.25, 0.3) is 0 Å². The van der Waals surface area contributed by atoms with E-state index in [0.717, 1.165) is 12.1 Å². The lowest BCUT2D eigenvalue weighted by atomic mass is 10.2. The normalized spacial score (nSPS) is 11.9. The van der Waals surface area contributed by atoms with Gasteiger partial charge in [0.2, 0.25) is 5.91 Å². The number of hydrogen-bond acceptors (Lipinski definition) is 3. The predicted octanol–water partition coefficient (Wildman–Crippen LogP) is 3.66. The van der Waals surface area contributed by atoms with Crippen LogP contribution in [0.25, 0.3) is 0 Å². The summed E-state index contributed by atoms with van der Waals surface area (Å²) in [7, 11) is 1.74. The lowest BCUT2D eigenvalue weighted by molar-refractivity contribution is -0.121. The van der Waals surface area contributed by atoms with Crippen LogP contribution in [0.15, 0.2) is 70.6 Å². The summed E-state index contributed by atoms with van der Waals surface area (Å²) in [5, 5.41) is 9.82. The molecule has 0 aliphatic carbocycles. The molecule has 1 atom stereocenters. The largest absolute Gasteiger partial charge is 0.356 e. The van der Waals surface area contributed by atoms with Gasteiger partial charge in [0.1, 0.15) is 0 Å². The van der Waals surface area contributed by atoms with Crippen molar-refractivity contribution in [3.63, 3.8) is 0 Å². The van der Waals surface area contributed by atoms with Crippen molar-refractivity contribution in [2.75, 3.05) is 20.1 Å². The van der Waals surface area contributed by atoms with Gasteiger partial charge < -0.3 is 16.0 Å². The van der Waals surface area contributed by atoms with Gasteiger partial charge in [0.15, 0.2) is 5.96 Å². The van der Waals surface area contributed by atoms with Crippen LogP contribution in [0.3, 0.4) is 0 Å². The van der Waals surface area contributed by atoms with E-state index in [1.807, 2.05) is 60.3 Å². The number of aliphatic imine (C=N–C) groups is 1. The first-order valence-electron chi connectivity index (χ1n) is 9.14. The van der Waals surface area contributed by atoms with Gasteiger partial charge in [-0.05, 0) is 17.7 Å². The average molecular weight is 512 g/mol. The first kappa shape index (κ1) is 24.3. The molecule has 0 radical (unpaired) electrons. The number of carbonyl (C=O) groups excluding carboxylic acids is 1. The molecule has 0 fully saturated rings. The summed E-state index contributed by atoms with van der Waals surface area (Å²) < 4.78 is 0. The molecule has 0 heterocycles. The fourth-order valence-electron chi connectivity index (χ4n) is 2.41. The number of nitrogens with one attached hydrogen (secondary N) is 3. The molecule has 0 saturated heterocycles. The van der Waals surface area contributed by atoms with Crippen molar-refractivity contribution in [1.82, 2.24) is 16.0 Å². The van der Waals surface area contributed by atoms with E-state index in [1.54, 1.807) is 7.05 Å². The molecule has 2 aromatic carbocycles. The molecular formula is C21H29IN4OS. The van der Waals surface area contributed by atoms with Gasteiger partial charge in [0, 0.05) is 43.2 Å². The second kappa shape index (κ2) is 14.3. The summed E-state index contributed by atoms with van der Waals surface area (Å²) in [6.45, 7) is 4.07. The summed E-state index contributed by atoms with van der Waals surface area (Å²) in [5.74, 6) is 0.737. The highest BCUT2D eigenvalue weighted by Crippen LogP contribution is 2.21. The molecule has 5 nitrogen and oxygen atoms in total. The number of rotatable bonds is 9. The highest BCUT2D eigenvalue weighted by molar-refractivity contribution is 14.0. The highest BCUT2D eigenvalue weighted by atomic mass is 127. The standard InChI is InChI=1S/C21H28N4OS.HI/c1-17(27-19-11-7-4-8-12-19)15-25-21(22-2)23-14-13-20(26)24-16-18-9-5-3-6-10-18;/h3-12,17H,13-16H2,1-2H3,(H,24,26)(H2,22,23,25);1H. The molecule has 7 heteroatoms. The van der Waals surface area contributed by atoms with E-state index in [9.17, 15) is 4.79 Å². The van der Waals surface area contributed by atoms with E-state index in [2.05, 4.69) is 40.0 Å². The van der Waals surface area contributed by atoms with Crippen molar-refractivity contribution in [3.05, 3.63) is 66.2 Å². The zero-order valence-electron chi connectivity index (χ0n) is 16.4. The molecule has 0 spiro atoms. The van der Waals surface area contributed by atoms with E-state index in [-0.39, 0.29) is 29.9 Å². The Bertz CT molecular complexity index is 713. The second-order valence-electron chi connectivity index (χ2n) is 6.13. The van der Waals surface area contributed by atoms with E-state index in [4.69, 9.17) is 0 Å². The molecule has 0 bridgehead atoms. The SMILES string of the molecule is CN=C(NCCC(=O)NCc1ccccc1)NCC(C)Sc1ccccc1.I. The maximum Gasteiger partial charge on any atom is 0.222 e. The van der Waals surface area contributed by atoms with Crippen LogP contribution in [0.2, 0.25) is 0 Å². The molecule has 0 aliphatic rings. The quantitative estimate of drug-likeness (QED) is 0.208. The van der Waals surface area contributed by atoms with Gasteiger partial charge in [-0.3, -0.25) is 9.79 Å². The first-order valence-corrected chi connectivity index (χ1v) is 10.0. The van der Waals surface area contributed by atoms with Gasteiger partial charge >= 0.3 is 0 Å². The molecule has 152 valence electrons. The zero-order valence-corrected chi connectivity index (χ0v) is 19.5. The van der Waals surface area contributed by atoms with E-state index in [1.165, 1.54) is 4.90 Å². The van der Waals surface area contributed by atoms with Crippen LogP contribution in [-0.4, -0.2) is 37.3 Å². The predicted molar refractivity (Wildman–Crippen MR) is 129 cm³/mol. The smallest absolute Gasteiger partial charge is 0.222 e. The van der Waals surface area contributed by atoms with Crippen LogP contribution in [0.1, 0.15) is 18.9 Å². The number of amides is 1. The fourth-order valence-corrected chi connectivity index (χ4v) is 3.36. The van der Waals surface area contributed by atoms with Crippen LogP contribution in [0.4, 0.5) is 0 Å². The van der Waals surface area contributed by atoms with Crippen molar-refractivity contribution in [2.24, 2.45) is 4.99 Å². The third kappa shape index (κ3) is 9.98. The Morgan fingerprint density at radius 1 is 1.00 bits per heavy atom. The third-order valence-corrected chi connectivity index (χ3v) is 4.95. The summed E-state index contributed by atoms with van der Waals surface area (Å²) >= 11 is 1.82. The van der Waals surface area contributed by atoms with Gasteiger partial charge in [-0.1, -0.05) is 55.5 Å². The van der Waals surface area contributed by atoms with Crippen LogP contribution in [0, 0.1) is 0 Å². The minimum absolute atomic E-state index is 0. The Hall–Kier alpha value is -1.74. The van der Waals surface area contributed by atoms with E-state index < -0.39 is 0 Å². The number of benzene rings is 2. The lowest BCUT2D eigenvalue weighted by Crippen LogP contribution is -2.41. The minimum Gasteiger partial charge on any atom is -0.356 e. The van der Waals surface area contributed by atoms with Gasteiger partial charge in [-0.25, -0.2) is 0 Å². The molecule has 0 aliphatic heterocycles. The Morgan fingerprint density at radius 2 is 1.64 bits per heavy atom. The van der Waals surface area contributed by atoms with Crippen LogP contribution >= 0.6 is 35.7 Å². The van der Waals surface area contributed by atoms with Crippen LogP contribution in [-0.2, 0) is 11.3 Å². The van der Waals surface area contributed by atoms with Crippen molar-refractivity contribution in [3.8, 4) is 0 Å². The van der Waals surface area contributed by atoms with Crippen molar-refractivity contribution >= 4 is 47.6 Å². The zero-order chi connectivity index (χ0) is 19.3. The van der Waals surface area contributed by atoms with Gasteiger partial charge in [-0.2, -0.15) is 0 Å². The summed E-state index contributed by atoms with van der Waals surface area (Å²) in [6, 6.07) is 20.2. The van der Waals surface area contributed by atoms with Gasteiger partial charge in [0.05, 0.1) is 0 Å². The monoisotopic (exact) mass is 512 g/mol. The Morgan fingerprint density at radius 3 is 2.29 bits per heavy atom. The molecule has 0 saturated carbocycles. The number of thioether (sulfide) groups is 1. The topological polar surface area (TPSA) is 65.5 Å². The van der Waals surface area contributed by atoms with Crippen LogP contribution < -0.4 is 16.0 Å². The fraction of sp³-hybridized carbons (Fsp3) is 0.333. The summed E-state index contributed by atoms with van der Waals surface area (Å²) in [6.07, 6.45) is 0.405. The summed E-state index contributed by atoms with van der Waals surface area (Å²) in [5.41, 5.74) is 1.10.